The topological polar surface area (TPSA) is 26.3 Å². The average Bonchev–Trinajstić information content (AvgIpc) is 2.72. The molecule has 3 fully saturated rings. The summed E-state index contributed by atoms with van der Waals surface area (Å²) in [5, 5.41) is 0. The second-order valence-electron chi connectivity index (χ2n) is 14.3. The fraction of sp³-hybridized carbons (Fsp3) is 0.839. The molecule has 0 amide bonds. The molecule has 0 unspecified atom stereocenters. The highest BCUT2D eigenvalue weighted by molar-refractivity contribution is 5.69. The lowest BCUT2D eigenvalue weighted by Crippen LogP contribution is -2.59. The van der Waals surface area contributed by atoms with Crippen molar-refractivity contribution in [3.63, 3.8) is 0 Å². The van der Waals surface area contributed by atoms with Crippen LogP contribution in [0, 0.1) is 44.8 Å². The summed E-state index contributed by atoms with van der Waals surface area (Å²) in [5.41, 5.74) is 4.65. The standard InChI is InChI=1S/C31H50O2/c1-21(2)22-10-15-30(7)23(29(22,6)17-13-26(32)33-9)12-16-31(8)24(30)11-14-28(5)19-18-27(3,4)20-25(28)31/h11,22-23,25H,1,10,12-20H2,2-9H3/t22-,23+,25+,28-,29-,30+,31+/m0/s1. The largest absolute Gasteiger partial charge is 0.469 e. The number of ether oxygens (including phenoxy) is 1. The molecular formula is C31H50O2. The number of methoxy groups -OCH3 is 1. The van der Waals surface area contributed by atoms with E-state index < -0.39 is 0 Å². The van der Waals surface area contributed by atoms with Crippen LogP contribution in [0.2, 0.25) is 0 Å². The van der Waals surface area contributed by atoms with Crippen molar-refractivity contribution < 1.29 is 9.53 Å². The highest BCUT2D eigenvalue weighted by atomic mass is 16.5. The first kappa shape index (κ1) is 25.1. The zero-order valence-electron chi connectivity index (χ0n) is 22.9. The number of fused-ring (bicyclic) bond motifs is 5. The van der Waals surface area contributed by atoms with Gasteiger partial charge in [0.15, 0.2) is 0 Å². The van der Waals surface area contributed by atoms with Crippen LogP contribution < -0.4 is 0 Å². The van der Waals surface area contributed by atoms with Crippen molar-refractivity contribution in [1.29, 1.82) is 0 Å². The zero-order valence-corrected chi connectivity index (χ0v) is 22.9. The van der Waals surface area contributed by atoms with Gasteiger partial charge in [0.1, 0.15) is 0 Å². The van der Waals surface area contributed by atoms with Crippen molar-refractivity contribution in [2.24, 2.45) is 44.8 Å². The predicted octanol–water partition coefficient (Wildman–Crippen LogP) is 8.52. The third-order valence-corrected chi connectivity index (χ3v) is 11.7. The Labute approximate surface area is 204 Å². The van der Waals surface area contributed by atoms with E-state index in [-0.39, 0.29) is 16.8 Å². The van der Waals surface area contributed by atoms with Crippen molar-refractivity contribution in [3.05, 3.63) is 23.8 Å². The van der Waals surface area contributed by atoms with Crippen molar-refractivity contribution in [3.8, 4) is 0 Å². The summed E-state index contributed by atoms with van der Waals surface area (Å²) in [6, 6.07) is 0. The molecule has 4 aliphatic rings. The lowest BCUT2D eigenvalue weighted by atomic mass is 9.36. The van der Waals surface area contributed by atoms with E-state index in [9.17, 15) is 4.79 Å². The van der Waals surface area contributed by atoms with Gasteiger partial charge in [0.2, 0.25) is 0 Å². The molecular weight excluding hydrogens is 404 g/mol. The Hall–Kier alpha value is -1.05. The second-order valence-corrected chi connectivity index (χ2v) is 14.3. The molecule has 7 atom stereocenters. The molecule has 0 aromatic rings. The number of esters is 1. The molecule has 2 heteroatoms. The van der Waals surface area contributed by atoms with Gasteiger partial charge < -0.3 is 4.74 Å². The summed E-state index contributed by atoms with van der Waals surface area (Å²) in [7, 11) is 1.52. The first-order valence-electron chi connectivity index (χ1n) is 13.7. The smallest absolute Gasteiger partial charge is 0.305 e. The summed E-state index contributed by atoms with van der Waals surface area (Å²) in [5.74, 6) is 1.81. The van der Waals surface area contributed by atoms with E-state index in [1.807, 2.05) is 0 Å². The molecule has 33 heavy (non-hydrogen) atoms. The van der Waals surface area contributed by atoms with Gasteiger partial charge in [-0.15, -0.1) is 0 Å². The van der Waals surface area contributed by atoms with Crippen LogP contribution in [0.25, 0.3) is 0 Å². The molecule has 0 saturated heterocycles. The minimum Gasteiger partial charge on any atom is -0.469 e. The normalized spacial score (nSPS) is 46.3. The molecule has 3 saturated carbocycles. The van der Waals surface area contributed by atoms with Gasteiger partial charge in [0.05, 0.1) is 7.11 Å². The molecule has 2 nitrogen and oxygen atoms in total. The van der Waals surface area contributed by atoms with Crippen LogP contribution in [0.1, 0.15) is 113 Å². The number of carbonyl (C=O) groups is 1. The van der Waals surface area contributed by atoms with Crippen molar-refractivity contribution in [2.45, 2.75) is 113 Å². The summed E-state index contributed by atoms with van der Waals surface area (Å²) < 4.78 is 5.06. The Morgan fingerprint density at radius 2 is 1.64 bits per heavy atom. The van der Waals surface area contributed by atoms with E-state index in [2.05, 4.69) is 61.1 Å². The summed E-state index contributed by atoms with van der Waals surface area (Å²) in [6.07, 6.45) is 14.6. The Bertz CT molecular complexity index is 851. The van der Waals surface area contributed by atoms with Gasteiger partial charge in [-0.2, -0.15) is 0 Å². The molecule has 0 aromatic carbocycles. The van der Waals surface area contributed by atoms with Crippen molar-refractivity contribution in [1.82, 2.24) is 0 Å². The molecule has 0 radical (unpaired) electrons. The van der Waals surface area contributed by atoms with E-state index in [4.69, 9.17) is 4.74 Å². The third kappa shape index (κ3) is 3.77. The Kier molecular flexibility index (Phi) is 6.07. The van der Waals surface area contributed by atoms with E-state index in [1.54, 1.807) is 5.57 Å². The highest BCUT2D eigenvalue weighted by Gasteiger charge is 2.64. The molecule has 186 valence electrons. The second kappa shape index (κ2) is 7.99. The Balaban J connectivity index is 1.74. The number of hydrogen-bond acceptors (Lipinski definition) is 2. The lowest BCUT2D eigenvalue weighted by molar-refractivity contribution is -0.144. The minimum atomic E-state index is -0.0679. The Morgan fingerprint density at radius 3 is 2.27 bits per heavy atom. The quantitative estimate of drug-likeness (QED) is 0.314. The summed E-state index contributed by atoms with van der Waals surface area (Å²) in [6.45, 7) is 22.0. The number of rotatable bonds is 4. The first-order valence-corrected chi connectivity index (χ1v) is 13.7. The fourth-order valence-electron chi connectivity index (χ4n) is 9.85. The average molecular weight is 455 g/mol. The van der Waals surface area contributed by atoms with Gasteiger partial charge in [-0.25, -0.2) is 0 Å². The van der Waals surface area contributed by atoms with Gasteiger partial charge in [-0.05, 0) is 110 Å². The van der Waals surface area contributed by atoms with Crippen LogP contribution in [0.4, 0.5) is 0 Å². The van der Waals surface area contributed by atoms with Crippen molar-refractivity contribution in [2.75, 3.05) is 7.11 Å². The maximum atomic E-state index is 12.2. The van der Waals surface area contributed by atoms with Crippen LogP contribution in [-0.2, 0) is 9.53 Å². The molecule has 0 aromatic heterocycles. The maximum Gasteiger partial charge on any atom is 0.305 e. The molecule has 0 N–H and O–H groups in total. The predicted molar refractivity (Wildman–Crippen MR) is 138 cm³/mol. The molecule has 0 heterocycles. The maximum absolute atomic E-state index is 12.2. The van der Waals surface area contributed by atoms with Crippen molar-refractivity contribution >= 4 is 5.97 Å². The van der Waals surface area contributed by atoms with Crippen LogP contribution in [0.3, 0.4) is 0 Å². The molecule has 0 aliphatic heterocycles. The van der Waals surface area contributed by atoms with Gasteiger partial charge in [-0.3, -0.25) is 4.79 Å². The van der Waals surface area contributed by atoms with Gasteiger partial charge in [0, 0.05) is 6.42 Å². The van der Waals surface area contributed by atoms with E-state index in [1.165, 1.54) is 64.0 Å². The lowest BCUT2D eigenvalue weighted by Gasteiger charge is -2.68. The van der Waals surface area contributed by atoms with Gasteiger partial charge in [-0.1, -0.05) is 65.3 Å². The fourth-order valence-corrected chi connectivity index (χ4v) is 9.85. The van der Waals surface area contributed by atoms with Crippen LogP contribution in [0.15, 0.2) is 23.8 Å². The third-order valence-electron chi connectivity index (χ3n) is 11.7. The summed E-state index contributed by atoms with van der Waals surface area (Å²) in [4.78, 5) is 12.2. The van der Waals surface area contributed by atoms with Gasteiger partial charge in [0.25, 0.3) is 0 Å². The van der Waals surface area contributed by atoms with E-state index >= 15 is 0 Å². The first-order chi connectivity index (χ1) is 15.2. The summed E-state index contributed by atoms with van der Waals surface area (Å²) >= 11 is 0. The van der Waals surface area contributed by atoms with Crippen LogP contribution >= 0.6 is 0 Å². The van der Waals surface area contributed by atoms with Crippen LogP contribution in [0.5, 0.6) is 0 Å². The molecule has 4 rings (SSSR count). The number of allylic oxidation sites excluding steroid dienone is 3. The Morgan fingerprint density at radius 1 is 1.00 bits per heavy atom. The molecule has 0 spiro atoms. The highest BCUT2D eigenvalue weighted by Crippen LogP contribution is 2.73. The minimum absolute atomic E-state index is 0.0679. The van der Waals surface area contributed by atoms with E-state index in [0.29, 0.717) is 34.5 Å². The van der Waals surface area contributed by atoms with E-state index in [0.717, 1.165) is 12.3 Å². The molecule has 0 bridgehead atoms. The molecule has 4 aliphatic carbocycles. The monoisotopic (exact) mass is 454 g/mol. The number of hydrogen-bond donors (Lipinski definition) is 0. The van der Waals surface area contributed by atoms with Gasteiger partial charge >= 0.3 is 5.97 Å². The zero-order chi connectivity index (χ0) is 24.4. The number of carbonyl (C=O) groups excluding carboxylic acids is 1. The van der Waals surface area contributed by atoms with Crippen LogP contribution in [-0.4, -0.2) is 13.1 Å². The SMILES string of the molecule is C=C(C)[C@@H]1CC[C@@]2(C)C3=CC[C@@]4(C)CCC(C)(C)C[C@H]4[C@]3(C)CC[C@@H]2[C@@]1(C)CCC(=O)OC.